The molecule has 152 valence electrons. The van der Waals surface area contributed by atoms with E-state index in [4.69, 9.17) is 21.1 Å². The summed E-state index contributed by atoms with van der Waals surface area (Å²) in [6.45, 7) is 2.08. The number of nitrogens with one attached hydrogen (secondary N) is 2. The second kappa shape index (κ2) is 8.61. The van der Waals surface area contributed by atoms with Gasteiger partial charge in [0.2, 0.25) is 5.91 Å². The van der Waals surface area contributed by atoms with Crippen LogP contribution >= 0.6 is 11.6 Å². The van der Waals surface area contributed by atoms with Crippen molar-refractivity contribution in [2.45, 2.75) is 12.8 Å². The third-order valence-electron chi connectivity index (χ3n) is 5.06. The number of fused-ring (bicyclic) bond motifs is 1. The van der Waals surface area contributed by atoms with E-state index >= 15 is 0 Å². The number of carbonyl (C=O) groups is 2. The highest BCUT2D eigenvalue weighted by Gasteiger charge is 2.27. The van der Waals surface area contributed by atoms with Crippen molar-refractivity contribution in [3.63, 3.8) is 0 Å². The molecular weight excluding hydrogens is 394 g/mol. The monoisotopic (exact) mass is 415 g/mol. The number of nitrogens with zero attached hydrogens (tertiary/aromatic N) is 1. The number of rotatable bonds is 3. The molecule has 1 fully saturated rings. The molecule has 0 unspecified atom stereocenters. The topological polar surface area (TPSA) is 79.9 Å². The van der Waals surface area contributed by atoms with E-state index in [0.29, 0.717) is 67.0 Å². The lowest BCUT2D eigenvalue weighted by Gasteiger charge is -2.31. The Morgan fingerprint density at radius 1 is 0.897 bits per heavy atom. The van der Waals surface area contributed by atoms with Gasteiger partial charge in [-0.25, -0.2) is 4.79 Å². The number of ether oxygens (including phenoxy) is 2. The van der Waals surface area contributed by atoms with Gasteiger partial charge in [0.15, 0.2) is 11.5 Å². The maximum Gasteiger partial charge on any atom is 0.321 e. The number of likely N-dealkylation sites (tertiary alicyclic amines) is 1. The standard InChI is InChI=1S/C21H22ClN3O4/c22-15-1-3-16(4-2-15)24-21(27)25-9-7-14(8-10-25)20(26)23-17-5-6-18-19(13-17)29-12-11-28-18/h1-6,13-14H,7-12H2,(H,23,26)(H,24,27). The molecule has 2 N–H and O–H groups in total. The summed E-state index contributed by atoms with van der Waals surface area (Å²) in [5.41, 5.74) is 1.38. The Balaban J connectivity index is 1.28. The van der Waals surface area contributed by atoms with E-state index in [1.54, 1.807) is 47.4 Å². The van der Waals surface area contributed by atoms with Crippen LogP contribution in [0.25, 0.3) is 0 Å². The van der Waals surface area contributed by atoms with E-state index in [0.717, 1.165) is 0 Å². The fraction of sp³-hybridized carbons (Fsp3) is 0.333. The van der Waals surface area contributed by atoms with Crippen LogP contribution in [-0.2, 0) is 4.79 Å². The lowest BCUT2D eigenvalue weighted by molar-refractivity contribution is -0.121. The van der Waals surface area contributed by atoms with Gasteiger partial charge in [-0.05, 0) is 49.2 Å². The Morgan fingerprint density at radius 2 is 1.55 bits per heavy atom. The van der Waals surface area contributed by atoms with E-state index in [1.165, 1.54) is 0 Å². The zero-order valence-electron chi connectivity index (χ0n) is 15.8. The van der Waals surface area contributed by atoms with Gasteiger partial charge < -0.3 is 25.0 Å². The minimum Gasteiger partial charge on any atom is -0.486 e. The van der Waals surface area contributed by atoms with Gasteiger partial charge in [0, 0.05) is 41.5 Å². The molecule has 2 aliphatic rings. The van der Waals surface area contributed by atoms with Crippen LogP contribution in [0.4, 0.5) is 16.2 Å². The highest BCUT2D eigenvalue weighted by Crippen LogP contribution is 2.33. The van der Waals surface area contributed by atoms with Crippen molar-refractivity contribution < 1.29 is 19.1 Å². The highest BCUT2D eigenvalue weighted by molar-refractivity contribution is 6.30. The third-order valence-corrected chi connectivity index (χ3v) is 5.31. The zero-order valence-corrected chi connectivity index (χ0v) is 16.6. The van der Waals surface area contributed by atoms with Crippen LogP contribution in [-0.4, -0.2) is 43.1 Å². The zero-order chi connectivity index (χ0) is 20.2. The molecule has 2 aromatic rings. The molecule has 2 aromatic carbocycles. The molecule has 0 atom stereocenters. The van der Waals surface area contributed by atoms with Crippen LogP contribution in [0.2, 0.25) is 5.02 Å². The van der Waals surface area contributed by atoms with Gasteiger partial charge in [-0.3, -0.25) is 4.79 Å². The third kappa shape index (κ3) is 4.74. The van der Waals surface area contributed by atoms with E-state index in [-0.39, 0.29) is 17.9 Å². The van der Waals surface area contributed by atoms with E-state index in [2.05, 4.69) is 10.6 Å². The first-order valence-electron chi connectivity index (χ1n) is 9.60. The van der Waals surface area contributed by atoms with E-state index < -0.39 is 0 Å². The molecule has 7 nitrogen and oxygen atoms in total. The van der Waals surface area contributed by atoms with Crippen LogP contribution in [0.1, 0.15) is 12.8 Å². The van der Waals surface area contributed by atoms with E-state index in [9.17, 15) is 9.59 Å². The van der Waals surface area contributed by atoms with Crippen molar-refractivity contribution in [3.8, 4) is 11.5 Å². The van der Waals surface area contributed by atoms with Gasteiger partial charge in [-0.15, -0.1) is 0 Å². The number of hydrogen-bond donors (Lipinski definition) is 2. The summed E-state index contributed by atoms with van der Waals surface area (Å²) in [7, 11) is 0. The van der Waals surface area contributed by atoms with Crippen LogP contribution in [0.5, 0.6) is 11.5 Å². The van der Waals surface area contributed by atoms with Crippen LogP contribution in [0, 0.1) is 5.92 Å². The summed E-state index contributed by atoms with van der Waals surface area (Å²) in [4.78, 5) is 26.8. The molecule has 29 heavy (non-hydrogen) atoms. The summed E-state index contributed by atoms with van der Waals surface area (Å²) in [5, 5.41) is 6.42. The fourth-order valence-corrected chi connectivity index (χ4v) is 3.57. The lowest BCUT2D eigenvalue weighted by Crippen LogP contribution is -2.43. The Bertz CT molecular complexity index is 895. The van der Waals surface area contributed by atoms with Gasteiger partial charge in [0.1, 0.15) is 13.2 Å². The molecule has 0 bridgehead atoms. The van der Waals surface area contributed by atoms with Crippen LogP contribution < -0.4 is 20.1 Å². The van der Waals surface area contributed by atoms with Gasteiger partial charge in [-0.2, -0.15) is 0 Å². The van der Waals surface area contributed by atoms with Crippen molar-refractivity contribution in [1.29, 1.82) is 0 Å². The molecule has 0 radical (unpaired) electrons. The SMILES string of the molecule is O=C(Nc1ccc2c(c1)OCCO2)C1CCN(C(=O)Nc2ccc(Cl)cc2)CC1. The number of anilines is 2. The Morgan fingerprint density at radius 3 is 2.28 bits per heavy atom. The van der Waals surface area contributed by atoms with Gasteiger partial charge in [0.25, 0.3) is 0 Å². The second-order valence-corrected chi connectivity index (χ2v) is 7.48. The Labute approximate surface area is 173 Å². The first-order chi connectivity index (χ1) is 14.1. The molecule has 4 rings (SSSR count). The van der Waals surface area contributed by atoms with Crippen molar-refractivity contribution >= 4 is 34.9 Å². The maximum atomic E-state index is 12.6. The molecule has 0 aliphatic carbocycles. The summed E-state index contributed by atoms with van der Waals surface area (Å²) in [5.74, 6) is 1.15. The average Bonchev–Trinajstić information content (AvgIpc) is 2.75. The normalized spacial score (nSPS) is 16.2. The number of piperidine rings is 1. The summed E-state index contributed by atoms with van der Waals surface area (Å²) < 4.78 is 11.0. The smallest absolute Gasteiger partial charge is 0.321 e. The first kappa shape index (κ1) is 19.4. The Kier molecular flexibility index (Phi) is 5.76. The van der Waals surface area contributed by atoms with Crippen molar-refractivity contribution in [2.75, 3.05) is 36.9 Å². The highest BCUT2D eigenvalue weighted by atomic mass is 35.5. The minimum absolute atomic E-state index is 0.0422. The molecule has 3 amide bonds. The number of benzene rings is 2. The van der Waals surface area contributed by atoms with E-state index in [1.807, 2.05) is 0 Å². The van der Waals surface area contributed by atoms with Crippen LogP contribution in [0.15, 0.2) is 42.5 Å². The number of halogens is 1. The molecule has 2 aliphatic heterocycles. The summed E-state index contributed by atoms with van der Waals surface area (Å²) >= 11 is 5.86. The molecule has 0 aromatic heterocycles. The van der Waals surface area contributed by atoms with Gasteiger partial charge >= 0.3 is 6.03 Å². The maximum absolute atomic E-state index is 12.6. The summed E-state index contributed by atoms with van der Waals surface area (Å²) in [6.07, 6.45) is 1.23. The number of amides is 3. The number of hydrogen-bond acceptors (Lipinski definition) is 4. The summed E-state index contributed by atoms with van der Waals surface area (Å²) in [6, 6.07) is 12.2. The molecule has 2 heterocycles. The van der Waals surface area contributed by atoms with Crippen molar-refractivity contribution in [3.05, 3.63) is 47.5 Å². The Hall–Kier alpha value is -2.93. The lowest BCUT2D eigenvalue weighted by atomic mass is 9.96. The van der Waals surface area contributed by atoms with Crippen LogP contribution in [0.3, 0.4) is 0 Å². The van der Waals surface area contributed by atoms with Gasteiger partial charge in [0.05, 0.1) is 0 Å². The first-order valence-corrected chi connectivity index (χ1v) is 9.98. The van der Waals surface area contributed by atoms with Crippen molar-refractivity contribution in [1.82, 2.24) is 4.90 Å². The molecule has 0 spiro atoms. The average molecular weight is 416 g/mol. The molecular formula is C21H22ClN3O4. The molecule has 8 heteroatoms. The largest absolute Gasteiger partial charge is 0.486 e. The quantitative estimate of drug-likeness (QED) is 0.794. The fourth-order valence-electron chi connectivity index (χ4n) is 3.45. The minimum atomic E-state index is -0.169. The predicted molar refractivity (Wildman–Crippen MR) is 111 cm³/mol. The molecule has 0 saturated carbocycles. The second-order valence-electron chi connectivity index (χ2n) is 7.05. The number of carbonyl (C=O) groups excluding carboxylic acids is 2. The van der Waals surface area contributed by atoms with Crippen molar-refractivity contribution in [2.24, 2.45) is 5.92 Å². The van der Waals surface area contributed by atoms with Gasteiger partial charge in [-0.1, -0.05) is 11.6 Å². The predicted octanol–water partition coefficient (Wildman–Crippen LogP) is 3.99. The molecule has 1 saturated heterocycles. The number of urea groups is 1.